The Labute approximate surface area is 112 Å². The van der Waals surface area contributed by atoms with Gasteiger partial charge in [0.2, 0.25) is 0 Å². The Kier molecular flexibility index (Phi) is 13.3. The first-order chi connectivity index (χ1) is 8.81. The number of carbonyl (C=O) groups excluding carboxylic acids is 1. The standard InChI is InChI=1S/C15H28O3/c1-3-5-6-7-8-9-10-11-15(16)18-14-13-17-12-4-2/h4,12H,3,5-11,13-14H2,1-2H3. The van der Waals surface area contributed by atoms with E-state index in [0.717, 1.165) is 12.8 Å². The van der Waals surface area contributed by atoms with Crippen LogP contribution in [0.1, 0.15) is 65.2 Å². The highest BCUT2D eigenvalue weighted by Gasteiger charge is 2.01. The number of rotatable bonds is 12. The van der Waals surface area contributed by atoms with E-state index in [1.54, 1.807) is 12.3 Å². The Morgan fingerprint density at radius 2 is 1.67 bits per heavy atom. The summed E-state index contributed by atoms with van der Waals surface area (Å²) in [6, 6.07) is 0. The van der Waals surface area contributed by atoms with Gasteiger partial charge in [-0.15, -0.1) is 0 Å². The molecule has 0 aliphatic carbocycles. The first-order valence-corrected chi connectivity index (χ1v) is 7.19. The smallest absolute Gasteiger partial charge is 0.305 e. The second kappa shape index (κ2) is 14.1. The van der Waals surface area contributed by atoms with E-state index < -0.39 is 0 Å². The van der Waals surface area contributed by atoms with E-state index in [2.05, 4.69) is 6.92 Å². The number of carbonyl (C=O) groups is 1. The lowest BCUT2D eigenvalue weighted by molar-refractivity contribution is -0.144. The molecule has 0 aromatic carbocycles. The summed E-state index contributed by atoms with van der Waals surface area (Å²) in [4.78, 5) is 11.3. The lowest BCUT2D eigenvalue weighted by atomic mass is 10.1. The largest absolute Gasteiger partial charge is 0.498 e. The van der Waals surface area contributed by atoms with Gasteiger partial charge in [0.1, 0.15) is 13.2 Å². The molecule has 0 radical (unpaired) electrons. The predicted octanol–water partition coefficient (Wildman–Crippen LogP) is 4.22. The molecule has 0 N–H and O–H groups in total. The van der Waals surface area contributed by atoms with E-state index in [4.69, 9.17) is 9.47 Å². The number of esters is 1. The summed E-state index contributed by atoms with van der Waals surface area (Å²) in [6.07, 6.45) is 12.5. The maximum Gasteiger partial charge on any atom is 0.305 e. The molecule has 0 aromatic rings. The minimum Gasteiger partial charge on any atom is -0.498 e. The Hall–Kier alpha value is -0.990. The molecule has 0 bridgehead atoms. The van der Waals surface area contributed by atoms with Crippen LogP contribution in [0.5, 0.6) is 0 Å². The summed E-state index contributed by atoms with van der Waals surface area (Å²) < 4.78 is 10.1. The van der Waals surface area contributed by atoms with Crippen LogP contribution in [0.15, 0.2) is 12.3 Å². The van der Waals surface area contributed by atoms with Crippen LogP contribution in [-0.4, -0.2) is 19.2 Å². The monoisotopic (exact) mass is 256 g/mol. The van der Waals surface area contributed by atoms with Crippen LogP contribution in [-0.2, 0) is 14.3 Å². The van der Waals surface area contributed by atoms with Crippen LogP contribution in [0.3, 0.4) is 0 Å². The molecule has 3 nitrogen and oxygen atoms in total. The molecule has 3 heteroatoms. The molecule has 0 rings (SSSR count). The summed E-state index contributed by atoms with van der Waals surface area (Å²) in [5, 5.41) is 0. The zero-order valence-electron chi connectivity index (χ0n) is 12.0. The number of hydrogen-bond donors (Lipinski definition) is 0. The van der Waals surface area contributed by atoms with Crippen LogP contribution in [0.2, 0.25) is 0 Å². The van der Waals surface area contributed by atoms with E-state index in [-0.39, 0.29) is 5.97 Å². The Balaban J connectivity index is 3.17. The lowest BCUT2D eigenvalue weighted by Crippen LogP contribution is -2.09. The first kappa shape index (κ1) is 17.0. The Bertz CT molecular complexity index is 212. The van der Waals surface area contributed by atoms with Gasteiger partial charge < -0.3 is 9.47 Å². The lowest BCUT2D eigenvalue weighted by Gasteiger charge is -2.04. The van der Waals surface area contributed by atoms with Crippen molar-refractivity contribution in [2.24, 2.45) is 0 Å². The van der Waals surface area contributed by atoms with Crippen molar-refractivity contribution in [3.05, 3.63) is 12.3 Å². The molecule has 0 saturated carbocycles. The van der Waals surface area contributed by atoms with Gasteiger partial charge in [-0.05, 0) is 13.3 Å². The summed E-state index contributed by atoms with van der Waals surface area (Å²) in [6.45, 7) is 4.88. The molecule has 0 aliphatic rings. The summed E-state index contributed by atoms with van der Waals surface area (Å²) in [5.74, 6) is -0.104. The zero-order chi connectivity index (χ0) is 13.5. The molecule has 0 aromatic heterocycles. The number of ether oxygens (including phenoxy) is 2. The Morgan fingerprint density at radius 3 is 2.33 bits per heavy atom. The van der Waals surface area contributed by atoms with E-state index in [9.17, 15) is 4.79 Å². The molecule has 0 spiro atoms. The fourth-order valence-electron chi connectivity index (χ4n) is 1.67. The van der Waals surface area contributed by atoms with Crippen molar-refractivity contribution in [1.82, 2.24) is 0 Å². The van der Waals surface area contributed by atoms with Gasteiger partial charge in [0.15, 0.2) is 0 Å². The molecule has 106 valence electrons. The van der Waals surface area contributed by atoms with Crippen molar-refractivity contribution in [2.75, 3.05) is 13.2 Å². The highest BCUT2D eigenvalue weighted by Crippen LogP contribution is 2.08. The minimum absolute atomic E-state index is 0.104. The van der Waals surface area contributed by atoms with Crippen molar-refractivity contribution in [3.63, 3.8) is 0 Å². The highest BCUT2D eigenvalue weighted by atomic mass is 16.6. The van der Waals surface area contributed by atoms with Gasteiger partial charge in [-0.25, -0.2) is 0 Å². The molecule has 0 aliphatic heterocycles. The Morgan fingerprint density at radius 1 is 1.00 bits per heavy atom. The van der Waals surface area contributed by atoms with Gasteiger partial charge in [0, 0.05) is 6.42 Å². The third-order valence-corrected chi connectivity index (χ3v) is 2.68. The topological polar surface area (TPSA) is 35.5 Å². The predicted molar refractivity (Wildman–Crippen MR) is 74.3 cm³/mol. The SMILES string of the molecule is CC=COCCOC(=O)CCCCCCCCC. The maximum atomic E-state index is 11.3. The quantitative estimate of drug-likeness (QED) is 0.298. The average Bonchev–Trinajstić information content (AvgIpc) is 2.37. The van der Waals surface area contributed by atoms with Crippen LogP contribution in [0, 0.1) is 0 Å². The van der Waals surface area contributed by atoms with Crippen molar-refractivity contribution in [2.45, 2.75) is 65.2 Å². The molecule has 18 heavy (non-hydrogen) atoms. The summed E-state index contributed by atoms with van der Waals surface area (Å²) >= 11 is 0. The van der Waals surface area contributed by atoms with E-state index in [1.165, 1.54) is 32.1 Å². The van der Waals surface area contributed by atoms with Gasteiger partial charge in [0.25, 0.3) is 0 Å². The molecule has 0 amide bonds. The number of unbranched alkanes of at least 4 members (excludes halogenated alkanes) is 6. The van der Waals surface area contributed by atoms with Crippen molar-refractivity contribution in [3.8, 4) is 0 Å². The maximum absolute atomic E-state index is 11.3. The van der Waals surface area contributed by atoms with Crippen molar-refractivity contribution >= 4 is 5.97 Å². The van der Waals surface area contributed by atoms with Gasteiger partial charge in [-0.3, -0.25) is 4.79 Å². The summed E-state index contributed by atoms with van der Waals surface area (Å²) in [7, 11) is 0. The molecule has 0 saturated heterocycles. The fourth-order valence-corrected chi connectivity index (χ4v) is 1.67. The van der Waals surface area contributed by atoms with E-state index in [1.807, 2.05) is 6.92 Å². The highest BCUT2D eigenvalue weighted by molar-refractivity contribution is 5.69. The zero-order valence-corrected chi connectivity index (χ0v) is 12.0. The first-order valence-electron chi connectivity index (χ1n) is 7.19. The molecule has 0 heterocycles. The third kappa shape index (κ3) is 13.1. The van der Waals surface area contributed by atoms with Crippen LogP contribution < -0.4 is 0 Å². The van der Waals surface area contributed by atoms with Crippen molar-refractivity contribution < 1.29 is 14.3 Å². The number of hydrogen-bond acceptors (Lipinski definition) is 3. The molecule has 0 unspecified atom stereocenters. The van der Waals surface area contributed by atoms with Gasteiger partial charge in [-0.1, -0.05) is 51.5 Å². The van der Waals surface area contributed by atoms with Gasteiger partial charge >= 0.3 is 5.97 Å². The molecular weight excluding hydrogens is 228 g/mol. The average molecular weight is 256 g/mol. The second-order valence-electron chi connectivity index (χ2n) is 4.43. The van der Waals surface area contributed by atoms with E-state index in [0.29, 0.717) is 19.6 Å². The van der Waals surface area contributed by atoms with E-state index >= 15 is 0 Å². The van der Waals surface area contributed by atoms with Gasteiger partial charge in [0.05, 0.1) is 6.26 Å². The molecular formula is C15H28O3. The van der Waals surface area contributed by atoms with Crippen LogP contribution >= 0.6 is 0 Å². The van der Waals surface area contributed by atoms with Crippen LogP contribution in [0.4, 0.5) is 0 Å². The molecule has 0 fully saturated rings. The van der Waals surface area contributed by atoms with Crippen LogP contribution in [0.25, 0.3) is 0 Å². The second-order valence-corrected chi connectivity index (χ2v) is 4.43. The normalized spacial score (nSPS) is 10.8. The fraction of sp³-hybridized carbons (Fsp3) is 0.800. The third-order valence-electron chi connectivity index (χ3n) is 2.68. The van der Waals surface area contributed by atoms with Gasteiger partial charge in [-0.2, -0.15) is 0 Å². The summed E-state index contributed by atoms with van der Waals surface area (Å²) in [5.41, 5.74) is 0. The number of allylic oxidation sites excluding steroid dienone is 1. The molecule has 0 atom stereocenters. The van der Waals surface area contributed by atoms with Crippen molar-refractivity contribution in [1.29, 1.82) is 0 Å². The minimum atomic E-state index is -0.104.